The van der Waals surface area contributed by atoms with Crippen molar-refractivity contribution in [3.63, 3.8) is 0 Å². The Labute approximate surface area is 160 Å². The normalized spacial score (nSPS) is 23.4. The Bertz CT molecular complexity index is 800. The number of fused-ring (bicyclic) bond motifs is 3. The number of hydrogen-bond acceptors (Lipinski definition) is 3. The Morgan fingerprint density at radius 2 is 1.67 bits per heavy atom. The van der Waals surface area contributed by atoms with Crippen LogP contribution >= 0.6 is 0 Å². The first kappa shape index (κ1) is 18.1. The minimum absolute atomic E-state index is 0.0547. The van der Waals surface area contributed by atoms with E-state index in [1.165, 1.54) is 22.3 Å². The Kier molecular flexibility index (Phi) is 4.68. The van der Waals surface area contributed by atoms with Gasteiger partial charge in [-0.2, -0.15) is 0 Å². The molecule has 2 aromatic rings. The van der Waals surface area contributed by atoms with Crippen molar-refractivity contribution in [2.75, 3.05) is 6.61 Å². The third-order valence-corrected chi connectivity index (χ3v) is 6.13. The first-order valence-electron chi connectivity index (χ1n) is 9.75. The van der Waals surface area contributed by atoms with E-state index in [-0.39, 0.29) is 29.6 Å². The smallest absolute Gasteiger partial charge is 0.407 e. The van der Waals surface area contributed by atoms with E-state index in [0.29, 0.717) is 13.0 Å². The molecule has 4 rings (SSSR count). The average molecular weight is 365 g/mol. The number of alkyl carbamates (subject to hydrolysis) is 1. The number of carbonyl (C=O) groups excluding carboxylic acids is 1. The molecule has 2 aliphatic carbocycles. The monoisotopic (exact) mass is 365 g/mol. The van der Waals surface area contributed by atoms with Crippen molar-refractivity contribution in [2.24, 2.45) is 5.41 Å². The van der Waals surface area contributed by atoms with Crippen molar-refractivity contribution in [2.45, 2.75) is 51.2 Å². The van der Waals surface area contributed by atoms with E-state index in [9.17, 15) is 9.90 Å². The number of rotatable bonds is 3. The molecule has 2 N–H and O–H groups in total. The fourth-order valence-electron chi connectivity index (χ4n) is 4.55. The van der Waals surface area contributed by atoms with Gasteiger partial charge < -0.3 is 15.2 Å². The minimum atomic E-state index is -0.367. The summed E-state index contributed by atoms with van der Waals surface area (Å²) in [5.74, 6) is 0.0766. The number of ether oxygens (including phenoxy) is 1. The lowest BCUT2D eigenvalue weighted by Gasteiger charge is -2.39. The van der Waals surface area contributed by atoms with E-state index in [1.807, 2.05) is 38.1 Å². The van der Waals surface area contributed by atoms with E-state index in [4.69, 9.17) is 4.74 Å². The number of carbonyl (C=O) groups is 1. The third kappa shape index (κ3) is 3.46. The topological polar surface area (TPSA) is 58.6 Å². The molecule has 4 heteroatoms. The maximum absolute atomic E-state index is 12.4. The number of amides is 1. The number of aliphatic hydroxyl groups is 1. The largest absolute Gasteiger partial charge is 0.449 e. The van der Waals surface area contributed by atoms with Crippen molar-refractivity contribution in [3.8, 4) is 11.1 Å². The number of aliphatic hydroxyl groups excluding tert-OH is 1. The highest BCUT2D eigenvalue weighted by Crippen LogP contribution is 2.44. The van der Waals surface area contributed by atoms with Crippen molar-refractivity contribution < 1.29 is 14.6 Å². The molecule has 1 saturated carbocycles. The molecule has 0 spiro atoms. The number of hydrogen-bond donors (Lipinski definition) is 2. The second-order valence-electron chi connectivity index (χ2n) is 8.45. The van der Waals surface area contributed by atoms with Crippen LogP contribution in [0.15, 0.2) is 48.5 Å². The van der Waals surface area contributed by atoms with Gasteiger partial charge in [-0.15, -0.1) is 0 Å². The number of benzene rings is 2. The molecular formula is C23H27NO3. The fourth-order valence-corrected chi connectivity index (χ4v) is 4.55. The SMILES string of the molecule is CC1(C)CC(NC(=O)OCC2c3ccccc3-c3ccccc32)CCC1O. The van der Waals surface area contributed by atoms with Gasteiger partial charge in [0.25, 0.3) is 0 Å². The maximum Gasteiger partial charge on any atom is 0.407 e. The van der Waals surface area contributed by atoms with Crippen LogP contribution in [0, 0.1) is 5.41 Å². The summed E-state index contributed by atoms with van der Waals surface area (Å²) >= 11 is 0. The highest BCUT2D eigenvalue weighted by Gasteiger charge is 2.36. The second-order valence-corrected chi connectivity index (χ2v) is 8.45. The van der Waals surface area contributed by atoms with Crippen molar-refractivity contribution in [3.05, 3.63) is 59.7 Å². The quantitative estimate of drug-likeness (QED) is 0.844. The van der Waals surface area contributed by atoms with Crippen LogP contribution in [0.1, 0.15) is 50.2 Å². The van der Waals surface area contributed by atoms with Crippen LogP contribution in [0.5, 0.6) is 0 Å². The van der Waals surface area contributed by atoms with Crippen LogP contribution in [0.4, 0.5) is 4.79 Å². The number of nitrogens with one attached hydrogen (secondary N) is 1. The Balaban J connectivity index is 1.41. The lowest BCUT2D eigenvalue weighted by Crippen LogP contribution is -2.46. The molecule has 142 valence electrons. The van der Waals surface area contributed by atoms with Gasteiger partial charge in [-0.1, -0.05) is 62.4 Å². The molecule has 0 radical (unpaired) electrons. The lowest BCUT2D eigenvalue weighted by atomic mass is 9.73. The molecule has 0 bridgehead atoms. The van der Waals surface area contributed by atoms with Crippen LogP contribution in [-0.2, 0) is 4.74 Å². The van der Waals surface area contributed by atoms with Crippen LogP contribution in [0.25, 0.3) is 11.1 Å². The molecule has 0 aliphatic heterocycles. The van der Waals surface area contributed by atoms with E-state index < -0.39 is 0 Å². The highest BCUT2D eigenvalue weighted by molar-refractivity contribution is 5.79. The average Bonchev–Trinajstić information content (AvgIpc) is 2.97. The summed E-state index contributed by atoms with van der Waals surface area (Å²) in [6.07, 6.45) is 1.58. The summed E-state index contributed by atoms with van der Waals surface area (Å²) in [6, 6.07) is 16.7. The summed E-state index contributed by atoms with van der Waals surface area (Å²) in [5, 5.41) is 13.1. The summed E-state index contributed by atoms with van der Waals surface area (Å²) in [5.41, 5.74) is 4.71. The molecule has 1 fully saturated rings. The van der Waals surface area contributed by atoms with Crippen LogP contribution in [0.2, 0.25) is 0 Å². The van der Waals surface area contributed by atoms with E-state index >= 15 is 0 Å². The first-order chi connectivity index (χ1) is 13.0. The molecular weight excluding hydrogens is 338 g/mol. The van der Waals surface area contributed by atoms with Gasteiger partial charge in [0.05, 0.1) is 6.10 Å². The predicted octanol–water partition coefficient (Wildman–Crippen LogP) is 4.46. The standard InChI is InChI=1S/C23H27NO3/c1-23(2)13-15(11-12-21(23)25)24-22(26)27-14-20-18-9-5-3-7-16(18)17-8-4-6-10-19(17)20/h3-10,15,20-21,25H,11-14H2,1-2H3,(H,24,26). The summed E-state index contributed by atoms with van der Waals surface area (Å²) in [6.45, 7) is 4.42. The highest BCUT2D eigenvalue weighted by atomic mass is 16.5. The van der Waals surface area contributed by atoms with Crippen LogP contribution in [0.3, 0.4) is 0 Å². The molecule has 2 atom stereocenters. The van der Waals surface area contributed by atoms with Gasteiger partial charge in [-0.05, 0) is 46.9 Å². The summed E-state index contributed by atoms with van der Waals surface area (Å²) in [4.78, 5) is 12.4. The third-order valence-electron chi connectivity index (χ3n) is 6.13. The Morgan fingerprint density at radius 1 is 1.07 bits per heavy atom. The van der Waals surface area contributed by atoms with Gasteiger partial charge in [0.2, 0.25) is 0 Å². The van der Waals surface area contributed by atoms with Crippen LogP contribution < -0.4 is 5.32 Å². The predicted molar refractivity (Wildman–Crippen MR) is 106 cm³/mol. The zero-order chi connectivity index (χ0) is 19.0. The van der Waals surface area contributed by atoms with Gasteiger partial charge in [-0.3, -0.25) is 0 Å². The van der Waals surface area contributed by atoms with E-state index in [0.717, 1.165) is 12.8 Å². The molecule has 27 heavy (non-hydrogen) atoms. The van der Waals surface area contributed by atoms with Gasteiger partial charge in [0, 0.05) is 12.0 Å². The van der Waals surface area contributed by atoms with Gasteiger partial charge in [-0.25, -0.2) is 4.79 Å². The molecule has 1 amide bonds. The molecule has 0 heterocycles. The zero-order valence-corrected chi connectivity index (χ0v) is 15.9. The Hall–Kier alpha value is -2.33. The minimum Gasteiger partial charge on any atom is -0.449 e. The molecule has 2 unspecified atom stereocenters. The van der Waals surface area contributed by atoms with Gasteiger partial charge >= 0.3 is 6.09 Å². The first-order valence-corrected chi connectivity index (χ1v) is 9.75. The summed E-state index contributed by atoms with van der Waals surface area (Å²) in [7, 11) is 0. The summed E-state index contributed by atoms with van der Waals surface area (Å²) < 4.78 is 5.62. The van der Waals surface area contributed by atoms with E-state index in [2.05, 4.69) is 29.6 Å². The second kappa shape index (κ2) is 7.01. The van der Waals surface area contributed by atoms with Crippen LogP contribution in [-0.4, -0.2) is 30.0 Å². The Morgan fingerprint density at radius 3 is 2.26 bits per heavy atom. The molecule has 0 aromatic heterocycles. The maximum atomic E-state index is 12.4. The van der Waals surface area contributed by atoms with Crippen molar-refractivity contribution in [1.82, 2.24) is 5.32 Å². The zero-order valence-electron chi connectivity index (χ0n) is 15.9. The fraction of sp³-hybridized carbons (Fsp3) is 0.435. The van der Waals surface area contributed by atoms with Crippen molar-refractivity contribution in [1.29, 1.82) is 0 Å². The molecule has 0 saturated heterocycles. The van der Waals surface area contributed by atoms with Crippen molar-refractivity contribution >= 4 is 6.09 Å². The van der Waals surface area contributed by atoms with Gasteiger partial charge in [0.15, 0.2) is 0 Å². The molecule has 2 aromatic carbocycles. The molecule has 4 nitrogen and oxygen atoms in total. The molecule has 2 aliphatic rings. The van der Waals surface area contributed by atoms with E-state index in [1.54, 1.807) is 0 Å². The lowest BCUT2D eigenvalue weighted by molar-refractivity contribution is 0.00113. The van der Waals surface area contributed by atoms with Gasteiger partial charge in [0.1, 0.15) is 6.61 Å².